The molecule has 0 unspecified atom stereocenters. The van der Waals surface area contributed by atoms with Crippen LogP contribution in [0.15, 0.2) is 30.3 Å². The summed E-state index contributed by atoms with van der Waals surface area (Å²) in [5, 5.41) is 0. The number of ether oxygens (including phenoxy) is 1. The largest absolute Gasteiger partial charge is 0.469 e. The van der Waals surface area contributed by atoms with Gasteiger partial charge in [0.2, 0.25) is 5.91 Å². The molecule has 2 fully saturated rings. The lowest BCUT2D eigenvalue weighted by Crippen LogP contribution is -2.48. The van der Waals surface area contributed by atoms with Crippen LogP contribution in [-0.4, -0.2) is 74.1 Å². The normalized spacial score (nSPS) is 19.5. The molecule has 3 rings (SSSR count). The van der Waals surface area contributed by atoms with Crippen LogP contribution in [0.25, 0.3) is 0 Å². The van der Waals surface area contributed by atoms with Gasteiger partial charge in [0.15, 0.2) is 0 Å². The van der Waals surface area contributed by atoms with Crippen LogP contribution in [0.2, 0.25) is 0 Å². The Morgan fingerprint density at radius 2 is 1.67 bits per heavy atom. The Hall–Kier alpha value is -2.08. The molecule has 1 aromatic rings. The summed E-state index contributed by atoms with van der Waals surface area (Å²) in [5.41, 5.74) is 1.25. The number of methoxy groups -OCH3 is 1. The predicted octanol–water partition coefficient (Wildman–Crippen LogP) is 3.17. The van der Waals surface area contributed by atoms with Crippen LogP contribution >= 0.6 is 0 Å². The number of rotatable bonds is 8. The smallest absolute Gasteiger partial charge is 0.305 e. The minimum Gasteiger partial charge on any atom is -0.469 e. The van der Waals surface area contributed by atoms with Crippen molar-refractivity contribution < 1.29 is 14.3 Å². The van der Waals surface area contributed by atoms with Crippen LogP contribution in [0.5, 0.6) is 0 Å². The van der Waals surface area contributed by atoms with Gasteiger partial charge in [-0.3, -0.25) is 9.59 Å². The Labute approximate surface area is 181 Å². The minimum atomic E-state index is -0.125. The standard InChI is InChI=1S/C24H37N3O3/c1-20(8-11-24(29)30-2)25-14-12-21(13-15-25)9-10-23(28)27-18-16-26(17-19-27)22-6-4-3-5-7-22/h3-7,20-21H,8-19H2,1-2H3/t20-/m0/s1. The average molecular weight is 416 g/mol. The molecule has 2 aliphatic heterocycles. The van der Waals surface area contributed by atoms with E-state index in [0.29, 0.717) is 30.7 Å². The number of hydrogen-bond donors (Lipinski definition) is 0. The molecule has 1 amide bonds. The van der Waals surface area contributed by atoms with E-state index in [1.807, 2.05) is 11.0 Å². The maximum absolute atomic E-state index is 12.7. The van der Waals surface area contributed by atoms with Crippen molar-refractivity contribution in [3.05, 3.63) is 30.3 Å². The summed E-state index contributed by atoms with van der Waals surface area (Å²) >= 11 is 0. The number of likely N-dealkylation sites (tertiary alicyclic amines) is 1. The monoisotopic (exact) mass is 415 g/mol. The molecular formula is C24H37N3O3. The molecule has 166 valence electrons. The molecule has 2 aliphatic rings. The van der Waals surface area contributed by atoms with Crippen molar-refractivity contribution in [2.24, 2.45) is 5.92 Å². The maximum Gasteiger partial charge on any atom is 0.305 e. The molecule has 0 aromatic heterocycles. The van der Waals surface area contributed by atoms with Gasteiger partial charge < -0.3 is 19.4 Å². The van der Waals surface area contributed by atoms with Gasteiger partial charge in [0.05, 0.1) is 7.11 Å². The topological polar surface area (TPSA) is 53.1 Å². The first kappa shape index (κ1) is 22.6. The van der Waals surface area contributed by atoms with E-state index in [4.69, 9.17) is 4.74 Å². The number of benzene rings is 1. The van der Waals surface area contributed by atoms with Gasteiger partial charge in [0.25, 0.3) is 0 Å². The molecule has 0 radical (unpaired) electrons. The second kappa shape index (κ2) is 11.3. The van der Waals surface area contributed by atoms with Crippen molar-refractivity contribution >= 4 is 17.6 Å². The van der Waals surface area contributed by atoms with Gasteiger partial charge in [-0.25, -0.2) is 0 Å². The van der Waals surface area contributed by atoms with Crippen molar-refractivity contribution in [1.29, 1.82) is 0 Å². The number of para-hydroxylation sites is 1. The number of carbonyl (C=O) groups excluding carboxylic acids is 2. The molecular weight excluding hydrogens is 378 g/mol. The number of carbonyl (C=O) groups is 2. The van der Waals surface area contributed by atoms with Crippen LogP contribution in [0.1, 0.15) is 45.4 Å². The summed E-state index contributed by atoms with van der Waals surface area (Å²) in [5.74, 6) is 0.833. The SMILES string of the molecule is COC(=O)CC[C@H](C)N1CCC(CCC(=O)N2CCN(c3ccccc3)CC2)CC1. The summed E-state index contributed by atoms with van der Waals surface area (Å²) < 4.78 is 4.74. The second-order valence-electron chi connectivity index (χ2n) is 8.69. The summed E-state index contributed by atoms with van der Waals surface area (Å²) in [7, 11) is 1.45. The number of piperidine rings is 1. The Morgan fingerprint density at radius 1 is 1.00 bits per heavy atom. The van der Waals surface area contributed by atoms with E-state index in [9.17, 15) is 9.59 Å². The molecule has 0 saturated carbocycles. The van der Waals surface area contributed by atoms with Gasteiger partial charge >= 0.3 is 5.97 Å². The molecule has 2 heterocycles. The summed E-state index contributed by atoms with van der Waals surface area (Å²) in [4.78, 5) is 30.9. The number of nitrogens with zero attached hydrogens (tertiary/aromatic N) is 3. The quantitative estimate of drug-likeness (QED) is 0.611. The average Bonchev–Trinajstić information content (AvgIpc) is 2.81. The van der Waals surface area contributed by atoms with Crippen molar-refractivity contribution in [2.75, 3.05) is 51.3 Å². The van der Waals surface area contributed by atoms with Crippen LogP contribution in [-0.2, 0) is 14.3 Å². The number of anilines is 1. The number of esters is 1. The molecule has 2 saturated heterocycles. The maximum atomic E-state index is 12.7. The Kier molecular flexibility index (Phi) is 8.55. The molecule has 0 spiro atoms. The molecule has 1 atom stereocenters. The van der Waals surface area contributed by atoms with Crippen LogP contribution in [0.4, 0.5) is 5.69 Å². The molecule has 6 heteroatoms. The highest BCUT2D eigenvalue weighted by Crippen LogP contribution is 2.25. The van der Waals surface area contributed by atoms with E-state index in [0.717, 1.165) is 65.0 Å². The third-order valence-electron chi connectivity index (χ3n) is 6.79. The lowest BCUT2D eigenvalue weighted by Gasteiger charge is -2.37. The third-order valence-corrected chi connectivity index (χ3v) is 6.79. The molecule has 0 bridgehead atoms. The fraction of sp³-hybridized carbons (Fsp3) is 0.667. The van der Waals surface area contributed by atoms with E-state index in [1.165, 1.54) is 12.8 Å². The minimum absolute atomic E-state index is 0.125. The fourth-order valence-electron chi connectivity index (χ4n) is 4.63. The zero-order valence-electron chi connectivity index (χ0n) is 18.6. The van der Waals surface area contributed by atoms with E-state index < -0.39 is 0 Å². The summed E-state index contributed by atoms with van der Waals surface area (Å²) in [6.07, 6.45) is 5.32. The van der Waals surface area contributed by atoms with Gasteiger partial charge in [-0.15, -0.1) is 0 Å². The summed E-state index contributed by atoms with van der Waals surface area (Å²) in [6, 6.07) is 10.9. The van der Waals surface area contributed by atoms with Crippen molar-refractivity contribution in [1.82, 2.24) is 9.80 Å². The first-order valence-electron chi connectivity index (χ1n) is 11.5. The van der Waals surface area contributed by atoms with Crippen molar-refractivity contribution in [3.8, 4) is 0 Å². The van der Waals surface area contributed by atoms with Gasteiger partial charge in [0, 0.05) is 50.7 Å². The zero-order valence-corrected chi connectivity index (χ0v) is 18.6. The lowest BCUT2D eigenvalue weighted by atomic mass is 9.91. The highest BCUT2D eigenvalue weighted by molar-refractivity contribution is 5.76. The first-order chi connectivity index (χ1) is 14.6. The summed E-state index contributed by atoms with van der Waals surface area (Å²) in [6.45, 7) is 7.80. The van der Waals surface area contributed by atoms with Gasteiger partial charge in [-0.1, -0.05) is 18.2 Å². The van der Waals surface area contributed by atoms with Crippen LogP contribution in [0, 0.1) is 5.92 Å². The Balaban J connectivity index is 1.32. The first-order valence-corrected chi connectivity index (χ1v) is 11.5. The van der Waals surface area contributed by atoms with E-state index in [-0.39, 0.29) is 5.97 Å². The Morgan fingerprint density at radius 3 is 2.30 bits per heavy atom. The lowest BCUT2D eigenvalue weighted by molar-refractivity contribution is -0.141. The van der Waals surface area contributed by atoms with Gasteiger partial charge in [-0.05, 0) is 63.7 Å². The number of amides is 1. The third kappa shape index (κ3) is 6.46. The Bertz CT molecular complexity index is 666. The zero-order chi connectivity index (χ0) is 21.3. The number of hydrogen-bond acceptors (Lipinski definition) is 5. The van der Waals surface area contributed by atoms with Crippen LogP contribution in [0.3, 0.4) is 0 Å². The van der Waals surface area contributed by atoms with Crippen molar-refractivity contribution in [2.45, 2.75) is 51.5 Å². The molecule has 0 aliphatic carbocycles. The van der Waals surface area contributed by atoms with Gasteiger partial charge in [-0.2, -0.15) is 0 Å². The molecule has 30 heavy (non-hydrogen) atoms. The van der Waals surface area contributed by atoms with E-state index in [1.54, 1.807) is 0 Å². The molecule has 1 aromatic carbocycles. The second-order valence-corrected chi connectivity index (χ2v) is 8.69. The molecule has 6 nitrogen and oxygen atoms in total. The fourth-order valence-corrected chi connectivity index (χ4v) is 4.63. The number of piperazine rings is 1. The highest BCUT2D eigenvalue weighted by atomic mass is 16.5. The van der Waals surface area contributed by atoms with Crippen molar-refractivity contribution in [3.63, 3.8) is 0 Å². The molecule has 0 N–H and O–H groups in total. The predicted molar refractivity (Wildman–Crippen MR) is 119 cm³/mol. The van der Waals surface area contributed by atoms with E-state index in [2.05, 4.69) is 41.0 Å². The van der Waals surface area contributed by atoms with Gasteiger partial charge in [0.1, 0.15) is 0 Å². The van der Waals surface area contributed by atoms with Crippen LogP contribution < -0.4 is 4.90 Å². The highest BCUT2D eigenvalue weighted by Gasteiger charge is 2.25. The van der Waals surface area contributed by atoms with E-state index >= 15 is 0 Å².